The number of hydrogen-bond acceptors (Lipinski definition) is 6. The standard InChI is InChI=1S/C16H15N3O4/c1-8-7-10-12(15(20)19-8)11(9-3-5-18-6-4-9)13(14(17)23-10)16(21)22-2/h3-7,11H,17H2,1-2H3,(H,19,20)/t11-/m0/s1. The molecule has 1 aliphatic heterocycles. The number of aromatic nitrogens is 2. The van der Waals surface area contributed by atoms with E-state index in [9.17, 15) is 9.59 Å². The molecule has 0 aliphatic carbocycles. The second-order valence-electron chi connectivity index (χ2n) is 5.14. The number of rotatable bonds is 2. The van der Waals surface area contributed by atoms with Gasteiger partial charge in [-0.3, -0.25) is 9.78 Å². The lowest BCUT2D eigenvalue weighted by Crippen LogP contribution is -2.31. The highest BCUT2D eigenvalue weighted by molar-refractivity contribution is 5.92. The number of aryl methyl sites for hydroxylation is 1. The number of ether oxygens (including phenoxy) is 2. The molecule has 118 valence electrons. The van der Waals surface area contributed by atoms with Crippen LogP contribution in [-0.2, 0) is 9.53 Å². The van der Waals surface area contributed by atoms with Gasteiger partial charge in [0.05, 0.1) is 18.6 Å². The summed E-state index contributed by atoms with van der Waals surface area (Å²) in [4.78, 5) is 31.3. The Hall–Kier alpha value is -3.09. The second-order valence-corrected chi connectivity index (χ2v) is 5.14. The molecule has 0 fully saturated rings. The molecule has 2 aromatic heterocycles. The first-order valence-electron chi connectivity index (χ1n) is 6.92. The summed E-state index contributed by atoms with van der Waals surface area (Å²) in [6.45, 7) is 1.74. The summed E-state index contributed by atoms with van der Waals surface area (Å²) in [6, 6.07) is 5.11. The topological polar surface area (TPSA) is 107 Å². The third-order valence-electron chi connectivity index (χ3n) is 3.68. The van der Waals surface area contributed by atoms with Crippen molar-refractivity contribution in [2.75, 3.05) is 7.11 Å². The molecule has 1 atom stereocenters. The van der Waals surface area contributed by atoms with Gasteiger partial charge in [0.15, 0.2) is 0 Å². The quantitative estimate of drug-likeness (QED) is 0.799. The second kappa shape index (κ2) is 5.60. The average Bonchev–Trinajstić information content (AvgIpc) is 2.53. The van der Waals surface area contributed by atoms with E-state index in [0.717, 1.165) is 0 Å². The van der Waals surface area contributed by atoms with Crippen molar-refractivity contribution in [3.63, 3.8) is 0 Å². The highest BCUT2D eigenvalue weighted by Gasteiger charge is 2.37. The summed E-state index contributed by atoms with van der Waals surface area (Å²) in [5, 5.41) is 0. The molecule has 23 heavy (non-hydrogen) atoms. The van der Waals surface area contributed by atoms with Gasteiger partial charge in [0.1, 0.15) is 11.3 Å². The van der Waals surface area contributed by atoms with E-state index in [0.29, 0.717) is 22.6 Å². The van der Waals surface area contributed by atoms with Gasteiger partial charge in [-0.05, 0) is 24.6 Å². The Kier molecular flexibility index (Phi) is 3.61. The number of methoxy groups -OCH3 is 1. The highest BCUT2D eigenvalue weighted by atomic mass is 16.5. The van der Waals surface area contributed by atoms with Crippen molar-refractivity contribution in [3.8, 4) is 5.75 Å². The van der Waals surface area contributed by atoms with Gasteiger partial charge >= 0.3 is 5.97 Å². The minimum atomic E-state index is -0.682. The van der Waals surface area contributed by atoms with Crippen molar-refractivity contribution >= 4 is 5.97 Å². The lowest BCUT2D eigenvalue weighted by atomic mass is 9.84. The fourth-order valence-corrected chi connectivity index (χ4v) is 2.70. The number of nitrogens with one attached hydrogen (secondary N) is 1. The molecular formula is C16H15N3O4. The maximum atomic E-state index is 12.5. The van der Waals surface area contributed by atoms with Gasteiger partial charge in [-0.25, -0.2) is 4.79 Å². The Morgan fingerprint density at radius 2 is 2.09 bits per heavy atom. The van der Waals surface area contributed by atoms with Crippen LogP contribution in [0.1, 0.15) is 22.7 Å². The summed E-state index contributed by atoms with van der Waals surface area (Å²) in [6.07, 6.45) is 3.16. The fraction of sp³-hybridized carbons (Fsp3) is 0.188. The first-order chi connectivity index (χ1) is 11.0. The fourth-order valence-electron chi connectivity index (χ4n) is 2.70. The minimum Gasteiger partial charge on any atom is -0.465 e. The summed E-state index contributed by atoms with van der Waals surface area (Å²) >= 11 is 0. The predicted molar refractivity (Wildman–Crippen MR) is 81.7 cm³/mol. The zero-order valence-corrected chi connectivity index (χ0v) is 12.6. The molecule has 7 nitrogen and oxygen atoms in total. The Morgan fingerprint density at radius 1 is 1.39 bits per heavy atom. The van der Waals surface area contributed by atoms with Gasteiger partial charge in [-0.2, -0.15) is 0 Å². The molecule has 3 rings (SSSR count). The molecule has 0 bridgehead atoms. The van der Waals surface area contributed by atoms with Crippen molar-refractivity contribution in [1.82, 2.24) is 9.97 Å². The third-order valence-corrected chi connectivity index (χ3v) is 3.68. The summed E-state index contributed by atoms with van der Waals surface area (Å²) in [5.74, 6) is -1.07. The van der Waals surface area contributed by atoms with Gasteiger partial charge < -0.3 is 20.2 Å². The van der Waals surface area contributed by atoms with Crippen LogP contribution in [0.4, 0.5) is 0 Å². The molecule has 1 aliphatic rings. The molecule has 3 heterocycles. The summed E-state index contributed by atoms with van der Waals surface area (Å²) in [7, 11) is 1.25. The maximum Gasteiger partial charge on any atom is 0.340 e. The van der Waals surface area contributed by atoms with Gasteiger partial charge in [0.2, 0.25) is 5.88 Å². The van der Waals surface area contributed by atoms with Crippen molar-refractivity contribution in [1.29, 1.82) is 0 Å². The third kappa shape index (κ3) is 2.46. The van der Waals surface area contributed by atoms with Crippen LogP contribution in [-0.4, -0.2) is 23.0 Å². The minimum absolute atomic E-state index is 0.0730. The number of carbonyl (C=O) groups is 1. The van der Waals surface area contributed by atoms with E-state index in [-0.39, 0.29) is 17.0 Å². The Balaban J connectivity index is 2.31. The van der Waals surface area contributed by atoms with Gasteiger partial charge in [0, 0.05) is 24.2 Å². The van der Waals surface area contributed by atoms with Crippen LogP contribution in [0, 0.1) is 6.92 Å². The smallest absolute Gasteiger partial charge is 0.340 e. The molecule has 0 radical (unpaired) electrons. The number of fused-ring (bicyclic) bond motifs is 1. The first-order valence-corrected chi connectivity index (χ1v) is 6.92. The lowest BCUT2D eigenvalue weighted by molar-refractivity contribution is -0.136. The van der Waals surface area contributed by atoms with E-state index in [2.05, 4.69) is 9.97 Å². The zero-order chi connectivity index (χ0) is 16.6. The van der Waals surface area contributed by atoms with E-state index >= 15 is 0 Å². The van der Waals surface area contributed by atoms with Crippen LogP contribution in [0.3, 0.4) is 0 Å². The van der Waals surface area contributed by atoms with Gasteiger partial charge in [0.25, 0.3) is 5.56 Å². The SMILES string of the molecule is COC(=O)C1=C(N)Oc2cc(C)[nH]c(=O)c2[C@@H]1c1ccncc1. The highest BCUT2D eigenvalue weighted by Crippen LogP contribution is 2.40. The summed E-state index contributed by atoms with van der Waals surface area (Å²) < 4.78 is 10.3. The molecule has 3 N–H and O–H groups in total. The molecule has 0 unspecified atom stereocenters. The molecule has 0 aromatic carbocycles. The van der Waals surface area contributed by atoms with Crippen LogP contribution in [0.2, 0.25) is 0 Å². The molecule has 7 heteroatoms. The number of H-pyrrole nitrogens is 1. The molecular weight excluding hydrogens is 298 g/mol. The largest absolute Gasteiger partial charge is 0.465 e. The predicted octanol–water partition coefficient (Wildman–Crippen LogP) is 0.946. The molecule has 0 saturated heterocycles. The van der Waals surface area contributed by atoms with Crippen LogP contribution >= 0.6 is 0 Å². The molecule has 0 spiro atoms. The van der Waals surface area contributed by atoms with Crippen LogP contribution < -0.4 is 16.0 Å². The van der Waals surface area contributed by atoms with E-state index in [1.54, 1.807) is 37.5 Å². The number of hydrogen-bond donors (Lipinski definition) is 2. The van der Waals surface area contributed by atoms with Crippen LogP contribution in [0.25, 0.3) is 0 Å². The lowest BCUT2D eigenvalue weighted by Gasteiger charge is -2.27. The normalized spacial score (nSPS) is 16.5. The van der Waals surface area contributed by atoms with Gasteiger partial charge in [-0.15, -0.1) is 0 Å². The van der Waals surface area contributed by atoms with Gasteiger partial charge in [-0.1, -0.05) is 0 Å². The molecule has 0 amide bonds. The Morgan fingerprint density at radius 3 is 2.74 bits per heavy atom. The van der Waals surface area contributed by atoms with Crippen molar-refractivity contribution in [2.24, 2.45) is 5.73 Å². The van der Waals surface area contributed by atoms with Crippen molar-refractivity contribution in [3.05, 3.63) is 69.2 Å². The number of nitrogens with two attached hydrogens (primary N) is 1. The van der Waals surface area contributed by atoms with E-state index in [4.69, 9.17) is 15.2 Å². The van der Waals surface area contributed by atoms with Crippen molar-refractivity contribution in [2.45, 2.75) is 12.8 Å². The number of pyridine rings is 2. The zero-order valence-electron chi connectivity index (χ0n) is 12.6. The summed E-state index contributed by atoms with van der Waals surface area (Å²) in [5.41, 5.74) is 7.34. The number of nitrogens with zero attached hydrogens (tertiary/aromatic N) is 1. The average molecular weight is 313 g/mol. The van der Waals surface area contributed by atoms with E-state index in [1.165, 1.54) is 7.11 Å². The Labute approximate surface area is 131 Å². The Bertz CT molecular complexity index is 855. The number of aromatic amines is 1. The van der Waals surface area contributed by atoms with Crippen LogP contribution in [0.15, 0.2) is 46.8 Å². The molecule has 0 saturated carbocycles. The van der Waals surface area contributed by atoms with E-state index in [1.807, 2.05) is 0 Å². The monoisotopic (exact) mass is 313 g/mol. The van der Waals surface area contributed by atoms with E-state index < -0.39 is 11.9 Å². The van der Waals surface area contributed by atoms with Crippen LogP contribution in [0.5, 0.6) is 5.75 Å². The molecule has 2 aromatic rings. The maximum absolute atomic E-state index is 12.5. The first kappa shape index (κ1) is 14.8. The number of esters is 1. The number of carbonyl (C=O) groups excluding carboxylic acids is 1. The van der Waals surface area contributed by atoms with Crippen molar-refractivity contribution < 1.29 is 14.3 Å².